The smallest absolute Gasteiger partial charge is 0.227 e. The number of hydrogen-bond donors (Lipinski definition) is 1. The van der Waals surface area contributed by atoms with Crippen molar-refractivity contribution in [1.29, 1.82) is 0 Å². The van der Waals surface area contributed by atoms with Crippen LogP contribution in [0.3, 0.4) is 0 Å². The highest BCUT2D eigenvalue weighted by atomic mass is 35.5. The van der Waals surface area contributed by atoms with E-state index in [9.17, 15) is 14.0 Å². The second-order valence-corrected chi connectivity index (χ2v) is 10.9. The van der Waals surface area contributed by atoms with E-state index in [1.54, 1.807) is 12.1 Å². The van der Waals surface area contributed by atoms with Crippen LogP contribution in [-0.4, -0.2) is 11.1 Å². The topological polar surface area (TPSA) is 46.2 Å². The van der Waals surface area contributed by atoms with Crippen molar-refractivity contribution < 1.29 is 14.0 Å². The first-order chi connectivity index (χ1) is 14.4. The summed E-state index contributed by atoms with van der Waals surface area (Å²) in [5.74, 6) is 1.38. The van der Waals surface area contributed by atoms with Crippen LogP contribution in [0.4, 0.5) is 4.39 Å². The minimum absolute atomic E-state index is 0.0840. The third kappa shape index (κ3) is 7.30. The van der Waals surface area contributed by atoms with Crippen molar-refractivity contribution in [3.63, 3.8) is 0 Å². The molecular formula is C26H39ClFNO2. The summed E-state index contributed by atoms with van der Waals surface area (Å²) in [6.07, 6.45) is 8.38. The molecule has 0 aromatic heterocycles. The maximum atomic E-state index is 12.9. The Kier molecular flexibility index (Phi) is 9.12. The molecule has 3 nitrogen and oxygen atoms in total. The maximum Gasteiger partial charge on any atom is 0.227 e. The molecule has 0 spiro atoms. The summed E-state index contributed by atoms with van der Waals surface area (Å²) in [4.78, 5) is 23.5. The Morgan fingerprint density at radius 2 is 1.35 bits per heavy atom. The van der Waals surface area contributed by atoms with Crippen LogP contribution in [0.5, 0.6) is 0 Å². The van der Waals surface area contributed by atoms with Gasteiger partial charge in [0.1, 0.15) is 5.82 Å². The van der Waals surface area contributed by atoms with Crippen molar-refractivity contribution in [1.82, 2.24) is 5.32 Å². The first kappa shape index (κ1) is 25.8. The molecule has 1 amide bonds. The SMILES string of the molecule is CC1CCC(C)(C(=O)Cl)CC1.CC1CCC(C)(C(=O)N[C@H](C)c2ccc(F)cc2)CC1. The predicted octanol–water partition coefficient (Wildman–Crippen LogP) is 7.19. The number of carbonyl (C=O) groups excluding carboxylic acids is 2. The van der Waals surface area contributed by atoms with E-state index in [2.05, 4.69) is 26.1 Å². The van der Waals surface area contributed by atoms with Crippen LogP contribution in [0.25, 0.3) is 0 Å². The Balaban J connectivity index is 0.000000262. The fourth-order valence-corrected chi connectivity index (χ4v) is 4.62. The second kappa shape index (κ2) is 10.9. The summed E-state index contributed by atoms with van der Waals surface area (Å²) in [6.45, 7) is 10.5. The summed E-state index contributed by atoms with van der Waals surface area (Å²) < 4.78 is 12.9. The van der Waals surface area contributed by atoms with Gasteiger partial charge in [0.05, 0.1) is 6.04 Å². The molecular weight excluding hydrogens is 413 g/mol. The van der Waals surface area contributed by atoms with Gasteiger partial charge in [-0.2, -0.15) is 0 Å². The van der Waals surface area contributed by atoms with Crippen molar-refractivity contribution in [3.05, 3.63) is 35.6 Å². The minimum atomic E-state index is -0.250. The van der Waals surface area contributed by atoms with Gasteiger partial charge in [0.2, 0.25) is 11.1 Å². The van der Waals surface area contributed by atoms with Crippen molar-refractivity contribution in [2.75, 3.05) is 0 Å². The highest BCUT2D eigenvalue weighted by molar-refractivity contribution is 6.64. The van der Waals surface area contributed by atoms with E-state index in [4.69, 9.17) is 11.6 Å². The maximum absolute atomic E-state index is 12.9. The molecule has 0 bridgehead atoms. The number of nitrogens with one attached hydrogen (secondary N) is 1. The lowest BCUT2D eigenvalue weighted by Gasteiger charge is -2.35. The Hall–Kier alpha value is -1.42. The van der Waals surface area contributed by atoms with E-state index < -0.39 is 0 Å². The van der Waals surface area contributed by atoms with Gasteiger partial charge in [-0.15, -0.1) is 0 Å². The molecule has 1 aromatic rings. The van der Waals surface area contributed by atoms with Crippen molar-refractivity contribution in [2.24, 2.45) is 22.7 Å². The largest absolute Gasteiger partial charge is 0.349 e. The van der Waals surface area contributed by atoms with E-state index in [-0.39, 0.29) is 33.8 Å². The lowest BCUT2D eigenvalue weighted by atomic mass is 9.71. The van der Waals surface area contributed by atoms with E-state index in [1.165, 1.54) is 12.1 Å². The average molecular weight is 452 g/mol. The molecule has 5 heteroatoms. The molecule has 3 rings (SSSR count). The molecule has 1 aromatic carbocycles. The first-order valence-corrected chi connectivity index (χ1v) is 12.1. The molecule has 1 N–H and O–H groups in total. The van der Waals surface area contributed by atoms with Crippen LogP contribution in [0.2, 0.25) is 0 Å². The fourth-order valence-electron chi connectivity index (χ4n) is 4.43. The second-order valence-electron chi connectivity index (χ2n) is 10.5. The summed E-state index contributed by atoms with van der Waals surface area (Å²) in [5, 5.41) is 2.93. The Bertz CT molecular complexity index is 732. The monoisotopic (exact) mass is 451 g/mol. The van der Waals surface area contributed by atoms with Crippen LogP contribution in [0, 0.1) is 28.5 Å². The van der Waals surface area contributed by atoms with Crippen molar-refractivity contribution in [2.45, 2.75) is 92.0 Å². The van der Waals surface area contributed by atoms with Crippen LogP contribution in [-0.2, 0) is 9.59 Å². The zero-order chi connectivity index (χ0) is 23.2. The Morgan fingerprint density at radius 3 is 1.77 bits per heavy atom. The number of halogens is 2. The lowest BCUT2D eigenvalue weighted by molar-refractivity contribution is -0.133. The summed E-state index contributed by atoms with van der Waals surface area (Å²) >= 11 is 5.51. The third-order valence-electron chi connectivity index (χ3n) is 7.50. The number of rotatable bonds is 4. The molecule has 2 aliphatic carbocycles. The first-order valence-electron chi connectivity index (χ1n) is 11.7. The standard InChI is InChI=1S/C17H24FNO.C9H15ClO/c1-12-8-10-17(3,11-9-12)16(20)19-13(2)14-4-6-15(18)7-5-14;1-7-3-5-9(2,6-4-7)8(10)11/h4-7,12-13H,8-11H2,1-3H3,(H,19,20);7H,3-6H2,1-2H3/t12?,13-,17?;/m1./s1. The lowest BCUT2D eigenvalue weighted by Crippen LogP contribution is -2.42. The number of carbonyl (C=O) groups is 2. The number of amides is 1. The quantitative estimate of drug-likeness (QED) is 0.492. The third-order valence-corrected chi connectivity index (χ3v) is 7.95. The van der Waals surface area contributed by atoms with Crippen LogP contribution < -0.4 is 5.32 Å². The van der Waals surface area contributed by atoms with Crippen LogP contribution in [0.1, 0.15) is 97.6 Å². The molecule has 2 saturated carbocycles. The van der Waals surface area contributed by atoms with Gasteiger partial charge in [0.15, 0.2) is 0 Å². The van der Waals surface area contributed by atoms with Gasteiger partial charge in [-0.1, -0.05) is 39.8 Å². The van der Waals surface area contributed by atoms with Gasteiger partial charge in [-0.3, -0.25) is 9.59 Å². The van der Waals surface area contributed by atoms with Gasteiger partial charge in [-0.25, -0.2) is 4.39 Å². The predicted molar refractivity (Wildman–Crippen MR) is 125 cm³/mol. The van der Waals surface area contributed by atoms with E-state index in [0.717, 1.165) is 68.8 Å². The van der Waals surface area contributed by atoms with E-state index in [1.807, 2.05) is 13.8 Å². The molecule has 0 heterocycles. The Labute approximate surface area is 192 Å². The van der Waals surface area contributed by atoms with E-state index in [0.29, 0.717) is 0 Å². The van der Waals surface area contributed by atoms with Crippen molar-refractivity contribution >= 4 is 22.8 Å². The summed E-state index contributed by atoms with van der Waals surface area (Å²) in [7, 11) is 0. The average Bonchev–Trinajstić information content (AvgIpc) is 2.73. The highest BCUT2D eigenvalue weighted by Gasteiger charge is 2.37. The van der Waals surface area contributed by atoms with Gasteiger partial charge >= 0.3 is 0 Å². The zero-order valence-electron chi connectivity index (χ0n) is 19.8. The molecule has 1 atom stereocenters. The molecule has 2 fully saturated rings. The molecule has 0 unspecified atom stereocenters. The number of hydrogen-bond acceptors (Lipinski definition) is 2. The van der Waals surface area contributed by atoms with Gasteiger partial charge in [0, 0.05) is 10.8 Å². The molecule has 0 aliphatic heterocycles. The van der Waals surface area contributed by atoms with Crippen LogP contribution >= 0.6 is 11.6 Å². The summed E-state index contributed by atoms with van der Waals surface area (Å²) in [5.41, 5.74) is 0.474. The van der Waals surface area contributed by atoms with Gasteiger partial charge < -0.3 is 5.32 Å². The summed E-state index contributed by atoms with van der Waals surface area (Å²) in [6, 6.07) is 6.24. The van der Waals surface area contributed by atoms with Gasteiger partial charge in [0.25, 0.3) is 0 Å². The fraction of sp³-hybridized carbons (Fsp3) is 0.692. The minimum Gasteiger partial charge on any atom is -0.349 e. The highest BCUT2D eigenvalue weighted by Crippen LogP contribution is 2.40. The normalized spacial score (nSPS) is 31.7. The Morgan fingerprint density at radius 1 is 0.935 bits per heavy atom. The molecule has 31 heavy (non-hydrogen) atoms. The molecule has 174 valence electrons. The molecule has 2 aliphatic rings. The number of benzene rings is 1. The van der Waals surface area contributed by atoms with Gasteiger partial charge in [-0.05, 0) is 99.4 Å². The zero-order valence-corrected chi connectivity index (χ0v) is 20.5. The van der Waals surface area contributed by atoms with Crippen molar-refractivity contribution in [3.8, 4) is 0 Å². The van der Waals surface area contributed by atoms with Crippen LogP contribution in [0.15, 0.2) is 24.3 Å². The molecule has 0 saturated heterocycles. The van der Waals surface area contributed by atoms with E-state index >= 15 is 0 Å². The molecule has 0 radical (unpaired) electrons.